The van der Waals surface area contributed by atoms with E-state index in [-0.39, 0.29) is 11.2 Å². The summed E-state index contributed by atoms with van der Waals surface area (Å²) in [6.45, 7) is 1.94. The third kappa shape index (κ3) is 1.61. The molecule has 0 aliphatic rings. The summed E-state index contributed by atoms with van der Waals surface area (Å²) < 4.78 is 5.57. The number of carboxylic acids is 1. The van der Waals surface area contributed by atoms with Crippen molar-refractivity contribution in [2.24, 2.45) is 0 Å². The summed E-state index contributed by atoms with van der Waals surface area (Å²) in [5.74, 6) is -1.14. The van der Waals surface area contributed by atoms with Crippen molar-refractivity contribution in [2.75, 3.05) is 0 Å². The Kier molecular flexibility index (Phi) is 2.44. The number of hydrogen-bond acceptors (Lipinski definition) is 4. The second kappa shape index (κ2) is 3.62. The molecule has 0 radical (unpaired) electrons. The number of hydrogen-bond donors (Lipinski definition) is 1. The van der Waals surface area contributed by atoms with Gasteiger partial charge in [-0.25, -0.2) is 9.78 Å². The number of halogens is 1. The Morgan fingerprint density at radius 3 is 3.00 bits per heavy atom. The van der Waals surface area contributed by atoms with Gasteiger partial charge in [0.15, 0.2) is 5.58 Å². The van der Waals surface area contributed by atoms with Gasteiger partial charge in [-0.3, -0.25) is 0 Å². The van der Waals surface area contributed by atoms with Crippen LogP contribution in [0.4, 0.5) is 0 Å². The van der Waals surface area contributed by atoms with E-state index in [9.17, 15) is 4.79 Å². The molecule has 0 saturated heterocycles. The van der Waals surface area contributed by atoms with Gasteiger partial charge in [0.25, 0.3) is 0 Å². The summed E-state index contributed by atoms with van der Waals surface area (Å²) in [5.41, 5.74) is 1.29. The summed E-state index contributed by atoms with van der Waals surface area (Å²) in [5, 5.41) is 12.3. The Labute approximate surface area is 93.2 Å². The molecule has 0 saturated carbocycles. The average Bonchev–Trinajstić information content (AvgIpc) is 2.61. The number of aromatic nitrogens is 2. The van der Waals surface area contributed by atoms with Crippen LogP contribution in [0.15, 0.2) is 15.1 Å². The van der Waals surface area contributed by atoms with Gasteiger partial charge in [-0.15, -0.1) is 0 Å². The van der Waals surface area contributed by atoms with Crippen molar-refractivity contribution < 1.29 is 14.4 Å². The summed E-state index contributed by atoms with van der Waals surface area (Å²) >= 11 is 3.28. The minimum atomic E-state index is -1.14. The minimum absolute atomic E-state index is 0.152. The molecule has 0 aliphatic heterocycles. The number of aryl methyl sites for hydroxylation is 1. The Hall–Kier alpha value is -1.43. The van der Waals surface area contributed by atoms with E-state index in [4.69, 9.17) is 9.63 Å². The first kappa shape index (κ1) is 10.1. The first-order valence-corrected chi connectivity index (χ1v) is 5.11. The van der Waals surface area contributed by atoms with E-state index in [1.165, 1.54) is 0 Å². The minimum Gasteiger partial charge on any atom is -0.476 e. The van der Waals surface area contributed by atoms with Crippen molar-refractivity contribution in [3.05, 3.63) is 21.9 Å². The number of pyridine rings is 1. The molecule has 1 N–H and O–H groups in total. The van der Waals surface area contributed by atoms with Crippen molar-refractivity contribution in [1.29, 1.82) is 0 Å². The Morgan fingerprint density at radius 2 is 2.40 bits per heavy atom. The smallest absolute Gasteiger partial charge is 0.360 e. The lowest BCUT2D eigenvalue weighted by Gasteiger charge is -1.97. The predicted octanol–water partition coefficient (Wildman–Crippen LogP) is 2.25. The van der Waals surface area contributed by atoms with Gasteiger partial charge in [0.1, 0.15) is 5.52 Å². The van der Waals surface area contributed by atoms with E-state index < -0.39 is 5.97 Å². The molecule has 0 amide bonds. The quantitative estimate of drug-likeness (QED) is 0.906. The van der Waals surface area contributed by atoms with Gasteiger partial charge in [0.05, 0.1) is 4.47 Å². The fraction of sp³-hybridized carbons (Fsp3) is 0.222. The van der Waals surface area contributed by atoms with E-state index in [0.717, 1.165) is 12.1 Å². The Bertz CT molecular complexity index is 535. The van der Waals surface area contributed by atoms with Crippen molar-refractivity contribution in [1.82, 2.24) is 10.1 Å². The molecule has 15 heavy (non-hydrogen) atoms. The van der Waals surface area contributed by atoms with E-state index >= 15 is 0 Å². The summed E-state index contributed by atoms with van der Waals surface area (Å²) in [4.78, 5) is 15.0. The molecule has 0 aliphatic carbocycles. The van der Waals surface area contributed by atoms with Gasteiger partial charge in [-0.1, -0.05) is 12.1 Å². The molecule has 0 spiro atoms. The molecular weight excluding hydrogens is 264 g/mol. The molecule has 2 aromatic heterocycles. The van der Waals surface area contributed by atoms with E-state index in [1.54, 1.807) is 6.07 Å². The third-order valence-electron chi connectivity index (χ3n) is 2.00. The van der Waals surface area contributed by atoms with Crippen LogP contribution < -0.4 is 0 Å². The first-order chi connectivity index (χ1) is 7.13. The normalized spacial score (nSPS) is 10.8. The van der Waals surface area contributed by atoms with E-state index in [0.29, 0.717) is 10.1 Å². The number of nitrogens with zero attached hydrogens (tertiary/aromatic N) is 2. The third-order valence-corrected chi connectivity index (χ3v) is 2.59. The highest BCUT2D eigenvalue weighted by molar-refractivity contribution is 9.10. The van der Waals surface area contributed by atoms with Crippen LogP contribution in [0.1, 0.15) is 23.1 Å². The van der Waals surface area contributed by atoms with Crippen LogP contribution in [0.2, 0.25) is 0 Å². The SMILES string of the molecule is CCc1cc(Br)c2onc(C(=O)O)c2n1. The van der Waals surface area contributed by atoms with Crippen LogP contribution in [0.3, 0.4) is 0 Å². The molecule has 0 bridgehead atoms. The second-order valence-electron chi connectivity index (χ2n) is 2.96. The van der Waals surface area contributed by atoms with Crippen LogP contribution in [0.5, 0.6) is 0 Å². The van der Waals surface area contributed by atoms with Crippen LogP contribution in [0.25, 0.3) is 11.1 Å². The first-order valence-electron chi connectivity index (χ1n) is 4.31. The van der Waals surface area contributed by atoms with Crippen LogP contribution in [0, 0.1) is 0 Å². The maximum atomic E-state index is 10.8. The largest absolute Gasteiger partial charge is 0.476 e. The Balaban J connectivity index is 2.78. The van der Waals surface area contributed by atoms with Crippen LogP contribution >= 0.6 is 15.9 Å². The maximum absolute atomic E-state index is 10.8. The monoisotopic (exact) mass is 270 g/mol. The molecule has 6 heteroatoms. The number of carbonyl (C=O) groups is 1. The lowest BCUT2D eigenvalue weighted by atomic mass is 10.2. The number of aromatic carboxylic acids is 1. The van der Waals surface area contributed by atoms with Crippen molar-refractivity contribution in [3.8, 4) is 0 Å². The molecule has 2 aromatic rings. The van der Waals surface area contributed by atoms with Gasteiger partial charge in [0, 0.05) is 5.69 Å². The number of fused-ring (bicyclic) bond motifs is 1. The lowest BCUT2D eigenvalue weighted by Crippen LogP contribution is -1.98. The summed E-state index contributed by atoms with van der Waals surface area (Å²) in [7, 11) is 0. The molecule has 0 atom stereocenters. The molecule has 78 valence electrons. The van der Waals surface area contributed by atoms with Crippen LogP contribution in [-0.4, -0.2) is 21.2 Å². The number of carboxylic acid groups (broad SMARTS) is 1. The summed E-state index contributed by atoms with van der Waals surface area (Å²) in [6.07, 6.45) is 0.721. The van der Waals surface area contributed by atoms with E-state index in [1.807, 2.05) is 6.92 Å². The van der Waals surface area contributed by atoms with Gasteiger partial charge in [0.2, 0.25) is 5.69 Å². The van der Waals surface area contributed by atoms with E-state index in [2.05, 4.69) is 26.1 Å². The molecule has 2 rings (SSSR count). The zero-order chi connectivity index (χ0) is 11.0. The lowest BCUT2D eigenvalue weighted by molar-refractivity contribution is 0.0687. The molecule has 2 heterocycles. The van der Waals surface area contributed by atoms with Gasteiger partial charge < -0.3 is 9.63 Å². The van der Waals surface area contributed by atoms with Gasteiger partial charge >= 0.3 is 5.97 Å². The molecular formula is C9H7BrN2O3. The zero-order valence-electron chi connectivity index (χ0n) is 7.82. The fourth-order valence-electron chi connectivity index (χ4n) is 1.25. The van der Waals surface area contributed by atoms with Crippen molar-refractivity contribution in [2.45, 2.75) is 13.3 Å². The highest BCUT2D eigenvalue weighted by Crippen LogP contribution is 2.26. The van der Waals surface area contributed by atoms with Crippen molar-refractivity contribution >= 4 is 33.0 Å². The summed E-state index contributed by atoms with van der Waals surface area (Å²) in [6, 6.07) is 1.79. The molecule has 0 fully saturated rings. The second-order valence-corrected chi connectivity index (χ2v) is 3.82. The number of rotatable bonds is 2. The standard InChI is InChI=1S/C9H7BrN2O3/c1-2-4-3-5(10)8-6(11-4)7(9(13)14)12-15-8/h3H,2H2,1H3,(H,13,14). The fourth-order valence-corrected chi connectivity index (χ4v) is 1.78. The highest BCUT2D eigenvalue weighted by Gasteiger charge is 2.18. The highest BCUT2D eigenvalue weighted by atomic mass is 79.9. The van der Waals surface area contributed by atoms with Gasteiger partial charge in [-0.05, 0) is 28.4 Å². The van der Waals surface area contributed by atoms with Crippen molar-refractivity contribution in [3.63, 3.8) is 0 Å². The molecule has 5 nitrogen and oxygen atoms in total. The predicted molar refractivity (Wildman–Crippen MR) is 55.8 cm³/mol. The Morgan fingerprint density at radius 1 is 1.67 bits per heavy atom. The maximum Gasteiger partial charge on any atom is 0.360 e. The van der Waals surface area contributed by atoms with Gasteiger partial charge in [-0.2, -0.15) is 0 Å². The zero-order valence-corrected chi connectivity index (χ0v) is 9.41. The molecule has 0 aromatic carbocycles. The topological polar surface area (TPSA) is 76.2 Å². The van der Waals surface area contributed by atoms with Crippen LogP contribution in [-0.2, 0) is 6.42 Å². The molecule has 0 unspecified atom stereocenters. The average molecular weight is 271 g/mol.